The van der Waals surface area contributed by atoms with Crippen molar-refractivity contribution in [2.45, 2.75) is 12.3 Å². The molecule has 0 amide bonds. The number of methoxy groups -OCH3 is 1. The van der Waals surface area contributed by atoms with E-state index < -0.39 is 13.1 Å². The number of carbonyl (C=O) groups is 1. The van der Waals surface area contributed by atoms with Gasteiger partial charge in [0.25, 0.3) is 0 Å². The van der Waals surface area contributed by atoms with Gasteiger partial charge < -0.3 is 25.5 Å². The third-order valence-corrected chi connectivity index (χ3v) is 4.55. The van der Waals surface area contributed by atoms with E-state index in [2.05, 4.69) is 5.10 Å². The van der Waals surface area contributed by atoms with Gasteiger partial charge in [-0.1, -0.05) is 12.1 Å². The highest BCUT2D eigenvalue weighted by molar-refractivity contribution is 6.58. The molecule has 1 aliphatic carbocycles. The molecule has 1 aromatic carbocycles. The first-order chi connectivity index (χ1) is 12.8. The van der Waals surface area contributed by atoms with Gasteiger partial charge in [0.05, 0.1) is 24.7 Å². The Morgan fingerprint density at radius 2 is 2.22 bits per heavy atom. The van der Waals surface area contributed by atoms with E-state index in [0.29, 0.717) is 28.1 Å². The first-order valence-electron chi connectivity index (χ1n) is 8.41. The zero-order valence-electron chi connectivity index (χ0n) is 15.1. The monoisotopic (exact) mass is 371 g/mol. The number of ether oxygens (including phenoxy) is 1. The quantitative estimate of drug-likeness (QED) is 0.221. The average Bonchev–Trinajstić information content (AvgIpc) is 3.31. The molecule has 27 heavy (non-hydrogen) atoms. The molecule has 2 atom stereocenters. The largest absolute Gasteiger partial charge is 0.488 e. The van der Waals surface area contributed by atoms with Gasteiger partial charge in [-0.05, 0) is 24.0 Å². The Balaban J connectivity index is 2.03. The predicted octanol–water partition coefficient (Wildman–Crippen LogP) is -0.952. The molecule has 0 aliphatic heterocycles. The fourth-order valence-electron chi connectivity index (χ4n) is 3.20. The Labute approximate surface area is 156 Å². The molecule has 1 heterocycles. The minimum atomic E-state index is -1.60. The van der Waals surface area contributed by atoms with Crippen LogP contribution in [0.2, 0.25) is 0 Å². The van der Waals surface area contributed by atoms with E-state index in [0.717, 1.165) is 6.42 Å². The summed E-state index contributed by atoms with van der Waals surface area (Å²) < 4.78 is 6.49. The molecule has 1 aliphatic rings. The van der Waals surface area contributed by atoms with Crippen molar-refractivity contribution in [3.8, 4) is 5.69 Å². The lowest BCUT2D eigenvalue weighted by Crippen LogP contribution is -2.30. The number of aromatic nitrogens is 2. The molecular weight excluding hydrogens is 349 g/mol. The van der Waals surface area contributed by atoms with Crippen LogP contribution in [0.1, 0.15) is 28.4 Å². The number of esters is 1. The lowest BCUT2D eigenvalue weighted by atomic mass is 9.80. The Morgan fingerprint density at radius 3 is 2.85 bits per heavy atom. The van der Waals surface area contributed by atoms with Crippen molar-refractivity contribution in [3.63, 3.8) is 0 Å². The Kier molecular flexibility index (Phi) is 5.22. The van der Waals surface area contributed by atoms with Crippen LogP contribution >= 0.6 is 0 Å². The summed E-state index contributed by atoms with van der Waals surface area (Å²) in [6.45, 7) is 0. The molecule has 2 aromatic rings. The van der Waals surface area contributed by atoms with Crippen LogP contribution in [-0.2, 0) is 4.74 Å². The fraction of sp³-hybridized carbons (Fsp3) is 0.294. The number of nitrogens with two attached hydrogens (primary N) is 2. The van der Waals surface area contributed by atoms with E-state index in [1.807, 2.05) is 0 Å². The summed E-state index contributed by atoms with van der Waals surface area (Å²) >= 11 is 0. The van der Waals surface area contributed by atoms with Crippen LogP contribution in [0, 0.1) is 5.92 Å². The molecule has 10 heteroatoms. The topological polar surface area (TPSA) is 140 Å². The highest BCUT2D eigenvalue weighted by Crippen LogP contribution is 2.51. The van der Waals surface area contributed by atoms with E-state index in [4.69, 9.17) is 16.3 Å². The first-order valence-corrected chi connectivity index (χ1v) is 8.41. The van der Waals surface area contributed by atoms with Crippen molar-refractivity contribution in [2.75, 3.05) is 14.2 Å². The molecule has 0 saturated heterocycles. The van der Waals surface area contributed by atoms with Gasteiger partial charge in [0.2, 0.25) is 0 Å². The van der Waals surface area contributed by atoms with Gasteiger partial charge in [0, 0.05) is 30.8 Å². The second-order valence-electron chi connectivity index (χ2n) is 6.56. The molecule has 1 aromatic heterocycles. The van der Waals surface area contributed by atoms with Crippen LogP contribution in [0.15, 0.2) is 42.4 Å². The number of hydrogen-bond donors (Lipinski definition) is 4. The number of allylic oxidation sites excluding steroid dienone is 1. The van der Waals surface area contributed by atoms with Crippen molar-refractivity contribution in [2.24, 2.45) is 17.5 Å². The Bertz CT molecular complexity index is 880. The van der Waals surface area contributed by atoms with Crippen LogP contribution in [0.25, 0.3) is 5.69 Å². The first kappa shape index (κ1) is 19.0. The third-order valence-electron chi connectivity index (χ3n) is 4.55. The number of hydrazine groups is 1. The van der Waals surface area contributed by atoms with Crippen LogP contribution in [0.5, 0.6) is 0 Å². The molecule has 0 radical (unpaired) electrons. The van der Waals surface area contributed by atoms with Crippen LogP contribution in [0.3, 0.4) is 0 Å². The smallest absolute Gasteiger partial charge is 0.465 e. The molecule has 6 N–H and O–H groups in total. The summed E-state index contributed by atoms with van der Waals surface area (Å²) in [5, 5.41) is 24.6. The normalized spacial score (nSPS) is 18.9. The van der Waals surface area contributed by atoms with Crippen molar-refractivity contribution >= 4 is 18.6 Å². The summed E-state index contributed by atoms with van der Waals surface area (Å²) in [6.07, 6.45) is 3.84. The summed E-state index contributed by atoms with van der Waals surface area (Å²) in [7, 11) is 1.39. The molecule has 3 rings (SSSR count). The van der Waals surface area contributed by atoms with E-state index in [9.17, 15) is 14.8 Å². The number of rotatable bonds is 6. The molecule has 142 valence electrons. The summed E-state index contributed by atoms with van der Waals surface area (Å²) in [5.41, 5.74) is 8.69. The minimum Gasteiger partial charge on any atom is -0.465 e. The molecule has 1 fully saturated rings. The maximum absolute atomic E-state index is 12.2. The average molecular weight is 371 g/mol. The lowest BCUT2D eigenvalue weighted by molar-refractivity contribution is 0.0599. The number of carbonyl (C=O) groups excluding carboxylic acids is 1. The van der Waals surface area contributed by atoms with Gasteiger partial charge in [-0.3, -0.25) is 0 Å². The van der Waals surface area contributed by atoms with Gasteiger partial charge in [-0.2, -0.15) is 5.10 Å². The number of nitrogens with zero attached hydrogens (tertiary/aromatic N) is 3. The number of benzene rings is 1. The highest BCUT2D eigenvalue weighted by atomic mass is 16.5. The van der Waals surface area contributed by atoms with Gasteiger partial charge >= 0.3 is 13.1 Å². The van der Waals surface area contributed by atoms with Gasteiger partial charge in [0.1, 0.15) is 5.56 Å². The summed E-state index contributed by atoms with van der Waals surface area (Å²) in [6, 6.07) is 6.66. The summed E-state index contributed by atoms with van der Waals surface area (Å²) in [5.74, 6) is 5.14. The predicted molar refractivity (Wildman–Crippen MR) is 99.8 cm³/mol. The van der Waals surface area contributed by atoms with Crippen molar-refractivity contribution in [3.05, 3.63) is 53.6 Å². The van der Waals surface area contributed by atoms with Crippen LogP contribution in [0.4, 0.5) is 0 Å². The van der Waals surface area contributed by atoms with Gasteiger partial charge in [0.15, 0.2) is 0 Å². The maximum Gasteiger partial charge on any atom is 0.488 e. The molecule has 0 spiro atoms. The summed E-state index contributed by atoms with van der Waals surface area (Å²) in [4.78, 5) is 12.2. The molecule has 9 nitrogen and oxygen atoms in total. The molecular formula is C17H22BN5O4. The zero-order chi connectivity index (χ0) is 19.7. The van der Waals surface area contributed by atoms with Crippen LogP contribution in [-0.4, -0.2) is 52.1 Å². The SMILES string of the molecule is COC(=O)c1cnn(-c2cccc(B(O)O)c2)c1[C@@H]1CC1/C(N)=C/N(C)N. The van der Waals surface area contributed by atoms with Crippen molar-refractivity contribution < 1.29 is 19.6 Å². The number of hydrogen-bond acceptors (Lipinski definition) is 8. The zero-order valence-corrected chi connectivity index (χ0v) is 15.1. The third kappa shape index (κ3) is 3.82. The van der Waals surface area contributed by atoms with Crippen LogP contribution < -0.4 is 17.0 Å². The van der Waals surface area contributed by atoms with Crippen molar-refractivity contribution in [1.82, 2.24) is 14.8 Å². The Hall–Kier alpha value is -2.82. The van der Waals surface area contributed by atoms with E-state index in [1.165, 1.54) is 18.3 Å². The highest BCUT2D eigenvalue weighted by Gasteiger charge is 2.45. The second-order valence-corrected chi connectivity index (χ2v) is 6.56. The Morgan fingerprint density at radius 1 is 1.48 bits per heavy atom. The molecule has 1 unspecified atom stereocenters. The minimum absolute atomic E-state index is 0.0273. The van der Waals surface area contributed by atoms with Gasteiger partial charge in [-0.25, -0.2) is 15.3 Å². The van der Waals surface area contributed by atoms with E-state index in [-0.39, 0.29) is 11.8 Å². The fourth-order valence-corrected chi connectivity index (χ4v) is 3.20. The van der Waals surface area contributed by atoms with Gasteiger partial charge in [-0.15, -0.1) is 0 Å². The van der Waals surface area contributed by atoms with E-state index in [1.54, 1.807) is 42.2 Å². The van der Waals surface area contributed by atoms with E-state index >= 15 is 0 Å². The lowest BCUT2D eigenvalue weighted by Gasteiger charge is -2.12. The second kappa shape index (κ2) is 7.43. The molecule has 0 bridgehead atoms. The standard InChI is InChI=1S/C17H22BN5O4/c1-22(20)9-15(19)12-7-13(12)16-14(17(24)27-2)8-21-23(16)11-5-3-4-10(6-11)18(25)26/h3-6,8-9,12-13,25-26H,7,19-20H2,1-2H3/b15-9-/t12?,13-/m1/s1. The molecule has 1 saturated carbocycles. The maximum atomic E-state index is 12.2. The van der Waals surface area contributed by atoms with Crippen molar-refractivity contribution in [1.29, 1.82) is 0 Å².